The minimum Gasteiger partial charge on any atom is -0.374 e. The fourth-order valence-corrected chi connectivity index (χ4v) is 3.19. The summed E-state index contributed by atoms with van der Waals surface area (Å²) in [6.45, 7) is 0.646. The summed E-state index contributed by atoms with van der Waals surface area (Å²) in [6.07, 6.45) is 7.05. The number of nitrogens with one attached hydrogen (secondary N) is 1. The average Bonchev–Trinajstić information content (AvgIpc) is 3.17. The van der Waals surface area contributed by atoms with Crippen LogP contribution < -0.4 is 5.32 Å². The summed E-state index contributed by atoms with van der Waals surface area (Å²) < 4.78 is 5.92. The molecular weight excluding hydrogens is 298 g/mol. The van der Waals surface area contributed by atoms with E-state index in [4.69, 9.17) is 4.74 Å². The fourth-order valence-electron chi connectivity index (χ4n) is 2.56. The van der Waals surface area contributed by atoms with Gasteiger partial charge in [-0.05, 0) is 30.0 Å². The number of benzene rings is 1. The number of carbonyl (C=O) groups is 1. The van der Waals surface area contributed by atoms with E-state index in [2.05, 4.69) is 27.7 Å². The largest absolute Gasteiger partial charge is 0.374 e. The molecule has 0 spiro atoms. The molecule has 6 heteroatoms. The lowest BCUT2D eigenvalue weighted by atomic mass is 10.1. The molecule has 1 saturated carbocycles. The molecule has 1 aliphatic heterocycles. The second kappa shape index (κ2) is 7.56. The maximum Gasteiger partial charge on any atom is 0.236 e. The van der Waals surface area contributed by atoms with Gasteiger partial charge < -0.3 is 10.1 Å². The first-order valence-electron chi connectivity index (χ1n) is 7.54. The number of ether oxygens (including phenoxy) is 1. The van der Waals surface area contributed by atoms with Gasteiger partial charge in [0.05, 0.1) is 24.7 Å². The van der Waals surface area contributed by atoms with Gasteiger partial charge in [0.25, 0.3) is 0 Å². The molecule has 1 aromatic rings. The van der Waals surface area contributed by atoms with Gasteiger partial charge in [-0.2, -0.15) is 5.10 Å². The topological polar surface area (TPSA) is 63.0 Å². The molecule has 0 bridgehead atoms. The Morgan fingerprint density at radius 1 is 1.36 bits per heavy atom. The lowest BCUT2D eigenvalue weighted by Gasteiger charge is -2.11. The van der Waals surface area contributed by atoms with Crippen molar-refractivity contribution in [3.63, 3.8) is 0 Å². The molecule has 1 heterocycles. The average molecular weight is 317 g/mol. The van der Waals surface area contributed by atoms with Crippen LogP contribution in [0, 0.1) is 0 Å². The van der Waals surface area contributed by atoms with Crippen LogP contribution in [0.3, 0.4) is 0 Å². The van der Waals surface area contributed by atoms with E-state index in [1.807, 2.05) is 12.1 Å². The SMILES string of the molecule is O=C1CSC(=NN=Cc2cccc(COC3CCCC3)c2)N1. The van der Waals surface area contributed by atoms with Gasteiger partial charge >= 0.3 is 0 Å². The van der Waals surface area contributed by atoms with Crippen LogP contribution in [0.2, 0.25) is 0 Å². The summed E-state index contributed by atoms with van der Waals surface area (Å²) in [5.41, 5.74) is 2.12. The van der Waals surface area contributed by atoms with Crippen LogP contribution in [-0.2, 0) is 16.1 Å². The third kappa shape index (κ3) is 4.42. The summed E-state index contributed by atoms with van der Waals surface area (Å²) >= 11 is 1.37. The van der Waals surface area contributed by atoms with Gasteiger partial charge in [0.1, 0.15) is 0 Å². The molecule has 2 aliphatic rings. The van der Waals surface area contributed by atoms with Crippen LogP contribution in [0.1, 0.15) is 36.8 Å². The Kier molecular flexibility index (Phi) is 5.24. The van der Waals surface area contributed by atoms with Gasteiger partial charge in [0.15, 0.2) is 5.17 Å². The van der Waals surface area contributed by atoms with Gasteiger partial charge in [0.2, 0.25) is 5.91 Å². The van der Waals surface area contributed by atoms with Crippen LogP contribution in [0.4, 0.5) is 0 Å². The lowest BCUT2D eigenvalue weighted by Crippen LogP contribution is -2.19. The van der Waals surface area contributed by atoms with Gasteiger partial charge in [-0.1, -0.05) is 42.8 Å². The van der Waals surface area contributed by atoms with Crippen molar-refractivity contribution in [3.05, 3.63) is 35.4 Å². The molecule has 5 nitrogen and oxygen atoms in total. The van der Waals surface area contributed by atoms with Crippen molar-refractivity contribution in [3.8, 4) is 0 Å². The van der Waals surface area contributed by atoms with Crippen LogP contribution in [0.15, 0.2) is 34.5 Å². The van der Waals surface area contributed by atoms with Crippen LogP contribution in [0.25, 0.3) is 0 Å². The van der Waals surface area contributed by atoms with Gasteiger partial charge in [-0.15, -0.1) is 5.10 Å². The third-order valence-electron chi connectivity index (χ3n) is 3.68. The Balaban J connectivity index is 1.55. The van der Waals surface area contributed by atoms with E-state index in [1.165, 1.54) is 37.4 Å². The molecule has 0 atom stereocenters. The molecule has 2 fully saturated rings. The maximum absolute atomic E-state index is 11.0. The highest BCUT2D eigenvalue weighted by Crippen LogP contribution is 2.22. The Hall–Kier alpha value is -1.66. The fraction of sp³-hybridized carbons (Fsp3) is 0.438. The molecule has 1 aliphatic carbocycles. The first-order chi connectivity index (χ1) is 10.8. The first kappa shape index (κ1) is 15.2. The Labute approximate surface area is 134 Å². The lowest BCUT2D eigenvalue weighted by molar-refractivity contribution is -0.116. The number of amides is 1. The summed E-state index contributed by atoms with van der Waals surface area (Å²) in [5, 5.41) is 11.2. The van der Waals surface area contributed by atoms with Crippen LogP contribution in [0.5, 0.6) is 0 Å². The molecule has 0 unspecified atom stereocenters. The monoisotopic (exact) mass is 317 g/mol. The Morgan fingerprint density at radius 3 is 3.00 bits per heavy atom. The van der Waals surface area contributed by atoms with E-state index >= 15 is 0 Å². The zero-order chi connectivity index (χ0) is 15.2. The molecule has 1 amide bonds. The first-order valence-corrected chi connectivity index (χ1v) is 8.52. The zero-order valence-corrected chi connectivity index (χ0v) is 13.1. The second-order valence-corrected chi connectivity index (χ2v) is 6.41. The third-order valence-corrected chi connectivity index (χ3v) is 4.54. The predicted molar refractivity (Wildman–Crippen MR) is 89.1 cm³/mol. The minimum absolute atomic E-state index is 0.0231. The van der Waals surface area contributed by atoms with E-state index in [-0.39, 0.29) is 5.91 Å². The number of nitrogens with zero attached hydrogens (tertiary/aromatic N) is 2. The Morgan fingerprint density at radius 2 is 2.23 bits per heavy atom. The summed E-state index contributed by atoms with van der Waals surface area (Å²) in [5.74, 6) is 0.396. The number of amidine groups is 1. The minimum atomic E-state index is -0.0231. The second-order valence-electron chi connectivity index (χ2n) is 5.45. The van der Waals surface area contributed by atoms with Crippen molar-refractivity contribution in [2.75, 3.05) is 5.75 Å². The van der Waals surface area contributed by atoms with E-state index in [1.54, 1.807) is 6.21 Å². The van der Waals surface area contributed by atoms with Crippen molar-refractivity contribution in [2.24, 2.45) is 10.2 Å². The molecule has 0 radical (unpaired) electrons. The quantitative estimate of drug-likeness (QED) is 0.671. The molecule has 116 valence electrons. The van der Waals surface area contributed by atoms with E-state index in [0.29, 0.717) is 23.6 Å². The highest BCUT2D eigenvalue weighted by molar-refractivity contribution is 8.15. The van der Waals surface area contributed by atoms with Crippen molar-refractivity contribution >= 4 is 29.1 Å². The van der Waals surface area contributed by atoms with Crippen molar-refractivity contribution in [1.82, 2.24) is 5.32 Å². The summed E-state index contributed by atoms with van der Waals surface area (Å²) in [7, 11) is 0. The standard InChI is InChI=1S/C16H19N3O2S/c20-15-11-22-16(18-15)19-17-9-12-4-3-5-13(8-12)10-21-14-6-1-2-7-14/h3-5,8-9,14H,1-2,6-7,10-11H2,(H,18,19,20). The Bertz CT molecular complexity index is 595. The van der Waals surface area contributed by atoms with E-state index in [0.717, 1.165) is 11.1 Å². The zero-order valence-electron chi connectivity index (χ0n) is 12.3. The number of carbonyl (C=O) groups excluding carboxylic acids is 1. The van der Waals surface area contributed by atoms with Crippen molar-refractivity contribution in [2.45, 2.75) is 38.4 Å². The highest BCUT2D eigenvalue weighted by atomic mass is 32.2. The molecule has 1 saturated heterocycles. The number of hydrogen-bond acceptors (Lipinski definition) is 5. The van der Waals surface area contributed by atoms with Crippen molar-refractivity contribution in [1.29, 1.82) is 0 Å². The molecule has 1 aromatic carbocycles. The smallest absolute Gasteiger partial charge is 0.236 e. The normalized spacial score (nSPS) is 21.1. The molecular formula is C16H19N3O2S. The van der Waals surface area contributed by atoms with Crippen LogP contribution >= 0.6 is 11.8 Å². The number of thioether (sulfide) groups is 1. The maximum atomic E-state index is 11.0. The summed E-state index contributed by atoms with van der Waals surface area (Å²) in [6, 6.07) is 8.08. The molecule has 1 N–H and O–H groups in total. The molecule has 22 heavy (non-hydrogen) atoms. The summed E-state index contributed by atoms with van der Waals surface area (Å²) in [4.78, 5) is 11.0. The van der Waals surface area contributed by atoms with E-state index in [9.17, 15) is 4.79 Å². The van der Waals surface area contributed by atoms with Gasteiger partial charge in [-0.3, -0.25) is 4.79 Å². The van der Waals surface area contributed by atoms with Crippen molar-refractivity contribution < 1.29 is 9.53 Å². The predicted octanol–water partition coefficient (Wildman–Crippen LogP) is 2.70. The number of hydrogen-bond donors (Lipinski definition) is 1. The van der Waals surface area contributed by atoms with Gasteiger partial charge in [0, 0.05) is 0 Å². The van der Waals surface area contributed by atoms with E-state index < -0.39 is 0 Å². The molecule has 3 rings (SSSR count). The van der Waals surface area contributed by atoms with Gasteiger partial charge in [-0.25, -0.2) is 0 Å². The molecule has 0 aromatic heterocycles. The number of rotatable bonds is 5. The highest BCUT2D eigenvalue weighted by Gasteiger charge is 2.16. The van der Waals surface area contributed by atoms with Crippen LogP contribution in [-0.4, -0.2) is 29.1 Å².